The maximum Gasteiger partial charge on any atom is 0.448 e. The second-order valence-electron chi connectivity index (χ2n) is 9.61. The van der Waals surface area contributed by atoms with E-state index in [0.717, 1.165) is 47.8 Å². The molecule has 4 aromatic rings. The second kappa shape index (κ2) is 13.4. The zero-order valence-corrected chi connectivity index (χ0v) is 23.2. The minimum Gasteiger partial charge on any atom is -0.505 e. The fraction of sp³-hybridized carbons (Fsp3) is 0.345. The molecule has 1 fully saturated rings. The molecule has 0 atom stereocenters. The minimum atomic E-state index is -4.64. The highest BCUT2D eigenvalue weighted by atomic mass is 19.4. The number of nitrogens with zero attached hydrogens (tertiary/aromatic N) is 3. The Balaban J connectivity index is 0.000000517. The van der Waals surface area contributed by atoms with Crippen LogP contribution < -0.4 is 15.2 Å². The number of rotatable bonds is 8. The monoisotopic (exact) mass is 588 g/mol. The number of aromatic nitrogens is 3. The van der Waals surface area contributed by atoms with Crippen molar-refractivity contribution in [3.63, 3.8) is 0 Å². The van der Waals surface area contributed by atoms with Gasteiger partial charge in [-0.2, -0.15) is 13.2 Å². The van der Waals surface area contributed by atoms with Crippen molar-refractivity contribution < 1.29 is 36.7 Å². The maximum atomic E-state index is 11.3. The van der Waals surface area contributed by atoms with E-state index >= 15 is 0 Å². The van der Waals surface area contributed by atoms with Gasteiger partial charge in [0.15, 0.2) is 17.3 Å². The number of piperidine rings is 1. The molecule has 0 bridgehead atoms. The highest BCUT2D eigenvalue weighted by Gasteiger charge is 2.31. The molecular weight excluding hydrogens is 557 g/mol. The summed E-state index contributed by atoms with van der Waals surface area (Å²) < 4.78 is 54.7. The van der Waals surface area contributed by atoms with Crippen LogP contribution in [0.3, 0.4) is 0 Å². The van der Waals surface area contributed by atoms with Gasteiger partial charge in [0, 0.05) is 17.7 Å². The number of nitrogens with one attached hydrogen (secondary N) is 1. The Labute approximate surface area is 239 Å². The lowest BCUT2D eigenvalue weighted by atomic mass is 10.1. The zero-order chi connectivity index (χ0) is 30.3. The van der Waals surface area contributed by atoms with Gasteiger partial charge < -0.3 is 19.0 Å². The Morgan fingerprint density at radius 2 is 1.79 bits per heavy atom. The number of H-pyrrole nitrogens is 1. The summed E-state index contributed by atoms with van der Waals surface area (Å²) in [7, 11) is 1.64. The molecular formula is C29H31F3N4O6. The number of likely N-dealkylation sites (tertiary alicyclic amines) is 1. The molecule has 1 saturated heterocycles. The Kier molecular flexibility index (Phi) is 9.73. The number of aromatic amines is 1. The molecule has 0 saturated carbocycles. The van der Waals surface area contributed by atoms with Crippen molar-refractivity contribution in [3.05, 3.63) is 82.4 Å². The highest BCUT2D eigenvalue weighted by Crippen LogP contribution is 2.28. The van der Waals surface area contributed by atoms with Gasteiger partial charge in [0.2, 0.25) is 5.89 Å². The van der Waals surface area contributed by atoms with E-state index in [4.69, 9.17) is 24.0 Å². The first kappa shape index (κ1) is 30.4. The number of hydrogen-bond acceptors (Lipinski definition) is 9. The van der Waals surface area contributed by atoms with Gasteiger partial charge in [-0.3, -0.25) is 14.4 Å². The lowest BCUT2D eigenvalue weighted by molar-refractivity contribution is -0.119. The van der Waals surface area contributed by atoms with Crippen molar-refractivity contribution in [1.29, 1.82) is 0 Å². The number of halogens is 3. The van der Waals surface area contributed by atoms with Crippen LogP contribution >= 0.6 is 0 Å². The third kappa shape index (κ3) is 8.03. The summed E-state index contributed by atoms with van der Waals surface area (Å²) in [6, 6.07) is 13.2. The van der Waals surface area contributed by atoms with Crippen LogP contribution in [0.2, 0.25) is 0 Å². The topological polar surface area (TPSA) is 127 Å². The first-order valence-corrected chi connectivity index (χ1v) is 13.1. The molecule has 42 heavy (non-hydrogen) atoms. The summed E-state index contributed by atoms with van der Waals surface area (Å²) in [6.45, 7) is 7.30. The maximum absolute atomic E-state index is 11.3. The first-order chi connectivity index (χ1) is 20.0. The van der Waals surface area contributed by atoms with Crippen molar-refractivity contribution in [2.24, 2.45) is 0 Å². The van der Waals surface area contributed by atoms with Crippen LogP contribution in [0.5, 0.6) is 11.5 Å². The number of aliphatic hydroxyl groups excluding tert-OH is 1. The lowest BCUT2D eigenvalue weighted by Gasteiger charge is -2.25. The van der Waals surface area contributed by atoms with E-state index in [-0.39, 0.29) is 6.61 Å². The van der Waals surface area contributed by atoms with E-state index in [0.29, 0.717) is 23.2 Å². The zero-order valence-electron chi connectivity index (χ0n) is 23.2. The van der Waals surface area contributed by atoms with E-state index in [1.807, 2.05) is 49.4 Å². The van der Waals surface area contributed by atoms with Gasteiger partial charge in [-0.15, -0.1) is 0 Å². The summed E-state index contributed by atoms with van der Waals surface area (Å²) in [6.07, 6.45) is -0.950. The predicted molar refractivity (Wildman–Crippen MR) is 147 cm³/mol. The summed E-state index contributed by atoms with van der Waals surface area (Å²) in [5.41, 5.74) is 3.46. The van der Waals surface area contributed by atoms with Crippen molar-refractivity contribution in [3.8, 4) is 34.3 Å². The number of methoxy groups -OCH3 is 1. The Hall–Kier alpha value is -4.52. The van der Waals surface area contributed by atoms with Crippen LogP contribution in [0.1, 0.15) is 36.3 Å². The predicted octanol–water partition coefficient (Wildman–Crippen LogP) is 6.19. The standard InChI is InChI=1S/C26H28N4O5.C3H3F3O/c1-17-14-20(10-11-21(17)24-28-26(31)35-29-24)33-16-23-22(15-30-12-4-3-5-13-30)27-25(34-23)18-6-8-19(32-2)9-7-18;1-2(7)3(4,5)6/h6-11,14H,3-5,12-13,15-16H2,1-2H3,(H,28,29,31);7H,1H2. The average Bonchev–Trinajstić information content (AvgIpc) is 3.58. The third-order valence-corrected chi connectivity index (χ3v) is 6.53. The van der Waals surface area contributed by atoms with Gasteiger partial charge in [0.05, 0.1) is 7.11 Å². The summed E-state index contributed by atoms with van der Waals surface area (Å²) in [4.78, 5) is 21.1. The number of aryl methyl sites for hydroxylation is 1. The fourth-order valence-corrected chi connectivity index (χ4v) is 4.29. The molecule has 0 unspecified atom stereocenters. The number of hydrogen-bond donors (Lipinski definition) is 2. The normalized spacial score (nSPS) is 13.7. The molecule has 2 aromatic heterocycles. The summed E-state index contributed by atoms with van der Waals surface area (Å²) in [5, 5.41) is 11.3. The number of oxazole rings is 1. The smallest absolute Gasteiger partial charge is 0.448 e. The molecule has 13 heteroatoms. The van der Waals surface area contributed by atoms with Crippen LogP contribution in [-0.4, -0.2) is 51.5 Å². The van der Waals surface area contributed by atoms with Crippen LogP contribution in [0.4, 0.5) is 13.2 Å². The van der Waals surface area contributed by atoms with Crippen LogP contribution in [0, 0.1) is 6.92 Å². The van der Waals surface area contributed by atoms with Gasteiger partial charge in [-0.1, -0.05) is 18.2 Å². The first-order valence-electron chi connectivity index (χ1n) is 13.1. The summed E-state index contributed by atoms with van der Waals surface area (Å²) >= 11 is 0. The van der Waals surface area contributed by atoms with Gasteiger partial charge in [-0.05, 0) is 80.9 Å². The largest absolute Gasteiger partial charge is 0.505 e. The molecule has 10 nitrogen and oxygen atoms in total. The van der Waals surface area contributed by atoms with Gasteiger partial charge >= 0.3 is 11.9 Å². The molecule has 0 aliphatic carbocycles. The van der Waals surface area contributed by atoms with Crippen molar-refractivity contribution in [1.82, 2.24) is 20.0 Å². The van der Waals surface area contributed by atoms with E-state index in [2.05, 4.69) is 26.1 Å². The number of aliphatic hydroxyl groups is 1. The molecule has 0 radical (unpaired) electrons. The molecule has 3 heterocycles. The number of benzene rings is 2. The van der Waals surface area contributed by atoms with Crippen molar-refractivity contribution in [2.75, 3.05) is 20.2 Å². The second-order valence-corrected chi connectivity index (χ2v) is 9.61. The molecule has 1 aliphatic heterocycles. The minimum absolute atomic E-state index is 0.256. The van der Waals surface area contributed by atoms with E-state index in [1.54, 1.807) is 7.11 Å². The molecule has 1 aliphatic rings. The molecule has 2 N–H and O–H groups in total. The molecule has 224 valence electrons. The quantitative estimate of drug-likeness (QED) is 0.232. The summed E-state index contributed by atoms with van der Waals surface area (Å²) in [5.74, 6) is 0.798. The van der Waals surface area contributed by atoms with E-state index in [9.17, 15) is 18.0 Å². The Morgan fingerprint density at radius 1 is 1.12 bits per heavy atom. The van der Waals surface area contributed by atoms with Crippen molar-refractivity contribution in [2.45, 2.75) is 45.5 Å². The van der Waals surface area contributed by atoms with Crippen LogP contribution in [-0.2, 0) is 13.2 Å². The third-order valence-electron chi connectivity index (χ3n) is 6.53. The highest BCUT2D eigenvalue weighted by molar-refractivity contribution is 5.60. The molecule has 2 aromatic carbocycles. The molecule has 0 amide bonds. The lowest BCUT2D eigenvalue weighted by Crippen LogP contribution is -2.29. The SMILES string of the molecule is C=C(O)C(F)(F)F.COc1ccc(-c2nc(CN3CCCCC3)c(COc3ccc(-c4noc(=O)[nH]4)c(C)c3)o2)cc1. The number of ether oxygens (including phenoxy) is 2. The van der Waals surface area contributed by atoms with E-state index in [1.165, 1.54) is 19.3 Å². The number of allylic oxidation sites excluding steroid dienone is 1. The van der Waals surface area contributed by atoms with E-state index < -0.39 is 17.7 Å². The van der Waals surface area contributed by atoms with Gasteiger partial charge in [0.25, 0.3) is 0 Å². The molecule has 5 rings (SSSR count). The Bertz CT molecular complexity index is 1540. The van der Waals surface area contributed by atoms with Crippen molar-refractivity contribution >= 4 is 0 Å². The Morgan fingerprint density at radius 3 is 2.36 bits per heavy atom. The number of alkyl halides is 3. The molecule has 0 spiro atoms. The fourth-order valence-electron chi connectivity index (χ4n) is 4.29. The van der Waals surface area contributed by atoms with Crippen LogP contribution in [0.25, 0.3) is 22.8 Å². The average molecular weight is 589 g/mol. The van der Waals surface area contributed by atoms with Gasteiger partial charge in [-0.25, -0.2) is 9.78 Å². The van der Waals surface area contributed by atoms with Gasteiger partial charge in [0.1, 0.15) is 23.8 Å². The van der Waals surface area contributed by atoms with Crippen LogP contribution in [0.15, 0.2) is 68.5 Å².